The van der Waals surface area contributed by atoms with Crippen molar-refractivity contribution in [3.8, 4) is 0 Å². The van der Waals surface area contributed by atoms with Crippen LogP contribution < -0.4 is 11.1 Å². The number of benzene rings is 1. The highest BCUT2D eigenvalue weighted by Gasteiger charge is 2.45. The molecule has 1 aromatic carbocycles. The van der Waals surface area contributed by atoms with E-state index in [4.69, 9.17) is 5.73 Å². The fourth-order valence-corrected chi connectivity index (χ4v) is 1.69. The summed E-state index contributed by atoms with van der Waals surface area (Å²) in [5.74, 6) is -0.169. The molecule has 1 fully saturated rings. The normalized spacial score (nSPS) is 18.5. The van der Waals surface area contributed by atoms with Crippen LogP contribution in [0.5, 0.6) is 0 Å². The molecule has 1 amide bonds. The zero-order valence-electron chi connectivity index (χ0n) is 9.87. The van der Waals surface area contributed by atoms with Crippen molar-refractivity contribution in [1.82, 2.24) is 5.32 Å². The first-order valence-corrected chi connectivity index (χ1v) is 5.84. The lowest BCUT2D eigenvalue weighted by Crippen LogP contribution is -2.43. The van der Waals surface area contributed by atoms with Crippen molar-refractivity contribution < 1.29 is 9.18 Å². The quantitative estimate of drug-likeness (QED) is 0.833. The third kappa shape index (κ3) is 2.82. The number of nitrogens with one attached hydrogen (secondary N) is 1. The Hall–Kier alpha value is -1.42. The number of halogens is 1. The van der Waals surface area contributed by atoms with E-state index in [0.717, 1.165) is 18.4 Å². The van der Waals surface area contributed by atoms with Crippen LogP contribution in [0, 0.1) is 5.82 Å². The molecule has 1 aliphatic carbocycles. The van der Waals surface area contributed by atoms with Gasteiger partial charge in [-0.1, -0.05) is 19.1 Å². The second-order valence-corrected chi connectivity index (χ2v) is 4.82. The monoisotopic (exact) mass is 236 g/mol. The zero-order chi connectivity index (χ0) is 12.5. The van der Waals surface area contributed by atoms with Gasteiger partial charge in [0.2, 0.25) is 5.91 Å². The summed E-state index contributed by atoms with van der Waals surface area (Å²) in [7, 11) is 0. The predicted octanol–water partition coefficient (Wildman–Crippen LogP) is 1.54. The van der Waals surface area contributed by atoms with E-state index in [-0.39, 0.29) is 17.6 Å². The second-order valence-electron chi connectivity index (χ2n) is 4.82. The molecule has 4 heteroatoms. The Kier molecular flexibility index (Phi) is 3.15. The molecule has 0 spiro atoms. The molecule has 3 nitrogen and oxygen atoms in total. The van der Waals surface area contributed by atoms with Gasteiger partial charge >= 0.3 is 0 Å². The molecule has 1 aromatic rings. The van der Waals surface area contributed by atoms with Gasteiger partial charge < -0.3 is 11.1 Å². The predicted molar refractivity (Wildman–Crippen MR) is 64.0 cm³/mol. The van der Waals surface area contributed by atoms with Crippen LogP contribution in [-0.2, 0) is 4.79 Å². The first-order valence-electron chi connectivity index (χ1n) is 5.84. The van der Waals surface area contributed by atoms with E-state index < -0.39 is 5.54 Å². The van der Waals surface area contributed by atoms with Crippen molar-refractivity contribution in [3.63, 3.8) is 0 Å². The molecule has 0 heterocycles. The third-order valence-electron chi connectivity index (χ3n) is 3.25. The summed E-state index contributed by atoms with van der Waals surface area (Å²) in [4.78, 5) is 11.6. The van der Waals surface area contributed by atoms with Crippen LogP contribution in [0.25, 0.3) is 0 Å². The molecular formula is C13H17FN2O. The largest absolute Gasteiger partial charge is 0.354 e. The maximum atomic E-state index is 12.7. The molecule has 0 aliphatic heterocycles. The number of hydrogen-bond acceptors (Lipinski definition) is 2. The molecule has 0 saturated heterocycles. The molecule has 92 valence electrons. The lowest BCUT2D eigenvalue weighted by molar-refractivity contribution is -0.123. The minimum absolute atomic E-state index is 0.0774. The molecule has 1 unspecified atom stereocenters. The highest BCUT2D eigenvalue weighted by Crippen LogP contribution is 2.32. The smallest absolute Gasteiger partial charge is 0.240 e. The summed E-state index contributed by atoms with van der Waals surface area (Å²) >= 11 is 0. The molecular weight excluding hydrogens is 219 g/mol. The van der Waals surface area contributed by atoms with Gasteiger partial charge in [0.15, 0.2) is 0 Å². The highest BCUT2D eigenvalue weighted by molar-refractivity contribution is 5.88. The SMILES string of the molecule is CC(CNC(=O)C1(N)CC1)c1ccc(F)cc1. The molecule has 0 radical (unpaired) electrons. The Morgan fingerprint density at radius 3 is 2.59 bits per heavy atom. The van der Waals surface area contributed by atoms with E-state index in [2.05, 4.69) is 5.32 Å². The van der Waals surface area contributed by atoms with Gasteiger partial charge in [-0.3, -0.25) is 4.79 Å². The lowest BCUT2D eigenvalue weighted by Gasteiger charge is -2.15. The number of rotatable bonds is 4. The van der Waals surface area contributed by atoms with Gasteiger partial charge in [-0.15, -0.1) is 0 Å². The first-order chi connectivity index (χ1) is 8.01. The molecule has 3 N–H and O–H groups in total. The Morgan fingerprint density at radius 1 is 1.47 bits per heavy atom. The first kappa shape index (κ1) is 12.0. The molecule has 1 atom stereocenters. The summed E-state index contributed by atoms with van der Waals surface area (Å²) in [6.45, 7) is 2.52. The summed E-state index contributed by atoms with van der Waals surface area (Å²) in [6, 6.07) is 6.33. The molecule has 0 bridgehead atoms. The second kappa shape index (κ2) is 4.45. The average Bonchev–Trinajstić information content (AvgIpc) is 3.06. The average molecular weight is 236 g/mol. The van der Waals surface area contributed by atoms with E-state index in [0.29, 0.717) is 6.54 Å². The molecule has 17 heavy (non-hydrogen) atoms. The summed E-state index contributed by atoms with van der Waals surface area (Å²) < 4.78 is 12.7. The maximum Gasteiger partial charge on any atom is 0.240 e. The van der Waals surface area contributed by atoms with Crippen LogP contribution in [-0.4, -0.2) is 18.0 Å². The Morgan fingerprint density at radius 2 is 2.06 bits per heavy atom. The Balaban J connectivity index is 1.86. The maximum absolute atomic E-state index is 12.7. The fourth-order valence-electron chi connectivity index (χ4n) is 1.69. The standard InChI is InChI=1S/C13H17FN2O/c1-9(10-2-4-11(14)5-3-10)8-16-12(17)13(15)6-7-13/h2-5,9H,6-8,15H2,1H3,(H,16,17). The summed E-state index contributed by atoms with van der Waals surface area (Å²) in [6.07, 6.45) is 1.54. The Bertz CT molecular complexity index is 412. The van der Waals surface area contributed by atoms with Crippen molar-refractivity contribution in [2.45, 2.75) is 31.2 Å². The number of hydrogen-bond donors (Lipinski definition) is 2. The van der Waals surface area contributed by atoms with Gasteiger partial charge in [-0.05, 0) is 36.5 Å². The number of carbonyl (C=O) groups is 1. The number of amides is 1. The van der Waals surface area contributed by atoms with Crippen LogP contribution in [0.3, 0.4) is 0 Å². The Labute approximate surface area is 100 Å². The van der Waals surface area contributed by atoms with Crippen molar-refractivity contribution in [1.29, 1.82) is 0 Å². The van der Waals surface area contributed by atoms with E-state index in [9.17, 15) is 9.18 Å². The van der Waals surface area contributed by atoms with Crippen molar-refractivity contribution in [2.75, 3.05) is 6.54 Å². The topological polar surface area (TPSA) is 55.1 Å². The van der Waals surface area contributed by atoms with Crippen LogP contribution in [0.2, 0.25) is 0 Å². The molecule has 1 aliphatic rings. The van der Waals surface area contributed by atoms with E-state index in [1.807, 2.05) is 6.92 Å². The molecule has 0 aromatic heterocycles. The fraction of sp³-hybridized carbons (Fsp3) is 0.462. The third-order valence-corrected chi connectivity index (χ3v) is 3.25. The highest BCUT2D eigenvalue weighted by atomic mass is 19.1. The van der Waals surface area contributed by atoms with Gasteiger partial charge in [-0.25, -0.2) is 4.39 Å². The molecule has 2 rings (SSSR count). The number of carbonyl (C=O) groups excluding carboxylic acids is 1. The van der Waals surface area contributed by atoms with Crippen molar-refractivity contribution in [3.05, 3.63) is 35.6 Å². The van der Waals surface area contributed by atoms with Crippen molar-refractivity contribution >= 4 is 5.91 Å². The van der Waals surface area contributed by atoms with E-state index in [1.165, 1.54) is 12.1 Å². The van der Waals surface area contributed by atoms with Crippen molar-refractivity contribution in [2.24, 2.45) is 5.73 Å². The van der Waals surface area contributed by atoms with Crippen LogP contribution in [0.15, 0.2) is 24.3 Å². The van der Waals surface area contributed by atoms with Crippen LogP contribution in [0.4, 0.5) is 4.39 Å². The minimum Gasteiger partial charge on any atom is -0.354 e. The van der Waals surface area contributed by atoms with Gasteiger partial charge in [0, 0.05) is 6.54 Å². The van der Waals surface area contributed by atoms with Gasteiger partial charge in [0.25, 0.3) is 0 Å². The van der Waals surface area contributed by atoms with Gasteiger partial charge in [-0.2, -0.15) is 0 Å². The summed E-state index contributed by atoms with van der Waals surface area (Å²) in [5.41, 5.74) is 6.16. The lowest BCUT2D eigenvalue weighted by atomic mass is 10.0. The minimum atomic E-state index is -0.623. The van der Waals surface area contributed by atoms with Crippen LogP contribution >= 0.6 is 0 Å². The number of nitrogens with two attached hydrogens (primary N) is 1. The zero-order valence-corrected chi connectivity index (χ0v) is 9.87. The van der Waals surface area contributed by atoms with Crippen LogP contribution in [0.1, 0.15) is 31.2 Å². The van der Waals surface area contributed by atoms with E-state index in [1.54, 1.807) is 12.1 Å². The van der Waals surface area contributed by atoms with Gasteiger partial charge in [0.1, 0.15) is 5.82 Å². The van der Waals surface area contributed by atoms with E-state index >= 15 is 0 Å². The summed E-state index contributed by atoms with van der Waals surface area (Å²) in [5, 5.41) is 2.84. The van der Waals surface area contributed by atoms with Gasteiger partial charge in [0.05, 0.1) is 5.54 Å². The molecule has 1 saturated carbocycles.